The largest absolute Gasteiger partial charge is 0.370 e. The van der Waals surface area contributed by atoms with Crippen molar-refractivity contribution in [1.29, 1.82) is 0 Å². The van der Waals surface area contributed by atoms with E-state index >= 15 is 0 Å². The van der Waals surface area contributed by atoms with Crippen LogP contribution in [0.25, 0.3) is 0 Å². The summed E-state index contributed by atoms with van der Waals surface area (Å²) in [5.74, 6) is 1.46. The highest BCUT2D eigenvalue weighted by Gasteiger charge is 2.19. The van der Waals surface area contributed by atoms with Crippen LogP contribution in [0.2, 0.25) is 5.15 Å². The fraction of sp³-hybridized carbons (Fsp3) is 0.692. The molecule has 0 N–H and O–H groups in total. The highest BCUT2D eigenvalue weighted by Crippen LogP contribution is 2.26. The van der Waals surface area contributed by atoms with Gasteiger partial charge in [0, 0.05) is 5.69 Å². The van der Waals surface area contributed by atoms with Crippen LogP contribution in [0.15, 0.2) is 6.07 Å². The quantitative estimate of drug-likeness (QED) is 0.774. The Morgan fingerprint density at radius 1 is 1.41 bits per heavy atom. The van der Waals surface area contributed by atoms with Gasteiger partial charge in [-0.3, -0.25) is 0 Å². The number of halogens is 1. The summed E-state index contributed by atoms with van der Waals surface area (Å²) in [7, 11) is 0. The van der Waals surface area contributed by atoms with Crippen LogP contribution in [0.3, 0.4) is 0 Å². The first-order chi connectivity index (χ1) is 8.13. The fourth-order valence-electron chi connectivity index (χ4n) is 2.38. The van der Waals surface area contributed by atoms with E-state index in [2.05, 4.69) is 16.9 Å². The molecular weight excluding hydrogens is 236 g/mol. The molecule has 2 unspecified atom stereocenters. The van der Waals surface area contributed by atoms with Crippen molar-refractivity contribution in [2.45, 2.75) is 52.2 Å². The standard InChI is InChI=1S/C13H19ClN2O/c1-9-4-3-5-11(6-9)17-8-13-15-10(2)7-12(14)16-13/h7,9,11H,3-6,8H2,1-2H3. The van der Waals surface area contributed by atoms with Gasteiger partial charge in [0.15, 0.2) is 5.82 Å². The van der Waals surface area contributed by atoms with Gasteiger partial charge in [-0.15, -0.1) is 0 Å². The lowest BCUT2D eigenvalue weighted by atomic mass is 9.89. The van der Waals surface area contributed by atoms with E-state index in [0.29, 0.717) is 23.7 Å². The zero-order valence-corrected chi connectivity index (χ0v) is 11.2. The molecule has 3 nitrogen and oxygen atoms in total. The van der Waals surface area contributed by atoms with Crippen molar-refractivity contribution in [3.63, 3.8) is 0 Å². The normalized spacial score (nSPS) is 24.9. The summed E-state index contributed by atoms with van der Waals surface area (Å²) < 4.78 is 5.87. The van der Waals surface area contributed by atoms with Crippen LogP contribution >= 0.6 is 11.6 Å². The Morgan fingerprint density at radius 2 is 2.24 bits per heavy atom. The Bertz CT molecular complexity index is 363. The molecule has 0 bridgehead atoms. The van der Waals surface area contributed by atoms with Crippen molar-refractivity contribution in [2.24, 2.45) is 5.92 Å². The van der Waals surface area contributed by atoms with Crippen LogP contribution < -0.4 is 0 Å². The van der Waals surface area contributed by atoms with Gasteiger partial charge in [-0.1, -0.05) is 31.4 Å². The van der Waals surface area contributed by atoms with E-state index in [1.165, 1.54) is 12.8 Å². The number of ether oxygens (including phenoxy) is 1. The Kier molecular flexibility index (Phi) is 4.35. The zero-order valence-electron chi connectivity index (χ0n) is 10.4. The number of aryl methyl sites for hydroxylation is 1. The summed E-state index contributed by atoms with van der Waals surface area (Å²) >= 11 is 5.89. The molecule has 4 heteroatoms. The lowest BCUT2D eigenvalue weighted by molar-refractivity contribution is 0.00156. The van der Waals surface area contributed by atoms with Gasteiger partial charge in [0.25, 0.3) is 0 Å². The van der Waals surface area contributed by atoms with Crippen LogP contribution in [-0.2, 0) is 11.3 Å². The van der Waals surface area contributed by atoms with Crippen molar-refractivity contribution < 1.29 is 4.74 Å². The van der Waals surface area contributed by atoms with E-state index in [-0.39, 0.29) is 0 Å². The summed E-state index contributed by atoms with van der Waals surface area (Å²) in [4.78, 5) is 8.48. The second kappa shape index (κ2) is 5.78. The van der Waals surface area contributed by atoms with Gasteiger partial charge in [-0.2, -0.15) is 0 Å². The van der Waals surface area contributed by atoms with Gasteiger partial charge in [0.2, 0.25) is 0 Å². The van der Waals surface area contributed by atoms with Crippen LogP contribution in [0.1, 0.15) is 44.1 Å². The van der Waals surface area contributed by atoms with Gasteiger partial charge in [-0.25, -0.2) is 9.97 Å². The van der Waals surface area contributed by atoms with E-state index in [1.807, 2.05) is 6.92 Å². The summed E-state index contributed by atoms with van der Waals surface area (Å²) in [6.07, 6.45) is 5.26. The number of rotatable bonds is 3. The molecule has 0 aromatic carbocycles. The molecule has 1 aromatic heterocycles. The molecule has 0 amide bonds. The molecule has 2 atom stereocenters. The van der Waals surface area contributed by atoms with Crippen LogP contribution in [-0.4, -0.2) is 16.1 Å². The van der Waals surface area contributed by atoms with Gasteiger partial charge >= 0.3 is 0 Å². The highest BCUT2D eigenvalue weighted by molar-refractivity contribution is 6.29. The first-order valence-corrected chi connectivity index (χ1v) is 6.63. The smallest absolute Gasteiger partial charge is 0.155 e. The minimum absolute atomic E-state index is 0.363. The topological polar surface area (TPSA) is 35.0 Å². The third-order valence-electron chi connectivity index (χ3n) is 3.21. The van der Waals surface area contributed by atoms with Gasteiger partial charge in [-0.05, 0) is 31.7 Å². The summed E-state index contributed by atoms with van der Waals surface area (Å²) in [5.41, 5.74) is 0.889. The third kappa shape index (κ3) is 3.93. The van der Waals surface area contributed by atoms with Crippen molar-refractivity contribution in [1.82, 2.24) is 9.97 Å². The minimum atomic E-state index is 0.363. The molecular formula is C13H19ClN2O. The van der Waals surface area contributed by atoms with Gasteiger partial charge < -0.3 is 4.74 Å². The maximum atomic E-state index is 5.89. The molecule has 0 radical (unpaired) electrons. The summed E-state index contributed by atoms with van der Waals surface area (Å²) in [6.45, 7) is 4.67. The first-order valence-electron chi connectivity index (χ1n) is 6.25. The van der Waals surface area contributed by atoms with Crippen molar-refractivity contribution in [3.05, 3.63) is 22.7 Å². The molecule has 1 aromatic rings. The van der Waals surface area contributed by atoms with Crippen molar-refractivity contribution in [2.75, 3.05) is 0 Å². The molecule has 0 aliphatic heterocycles. The average molecular weight is 255 g/mol. The number of hydrogen-bond donors (Lipinski definition) is 0. The van der Waals surface area contributed by atoms with Crippen molar-refractivity contribution >= 4 is 11.6 Å². The maximum Gasteiger partial charge on any atom is 0.155 e. The average Bonchev–Trinajstić information content (AvgIpc) is 2.25. The van der Waals surface area contributed by atoms with E-state index in [9.17, 15) is 0 Å². The minimum Gasteiger partial charge on any atom is -0.370 e. The van der Waals surface area contributed by atoms with Crippen LogP contribution in [0.5, 0.6) is 0 Å². The van der Waals surface area contributed by atoms with E-state index in [0.717, 1.165) is 24.5 Å². The predicted octanol–water partition coefficient (Wildman–Crippen LogP) is 3.53. The molecule has 0 spiro atoms. The van der Waals surface area contributed by atoms with Gasteiger partial charge in [0.05, 0.1) is 6.10 Å². The fourth-order valence-corrected chi connectivity index (χ4v) is 2.63. The Labute approximate surface area is 108 Å². The number of aromatic nitrogens is 2. The molecule has 1 fully saturated rings. The Hall–Kier alpha value is -0.670. The number of nitrogens with zero attached hydrogens (tertiary/aromatic N) is 2. The van der Waals surface area contributed by atoms with Crippen molar-refractivity contribution in [3.8, 4) is 0 Å². The summed E-state index contributed by atoms with van der Waals surface area (Å²) in [6, 6.07) is 1.76. The van der Waals surface area contributed by atoms with Crippen LogP contribution in [0.4, 0.5) is 0 Å². The SMILES string of the molecule is Cc1cc(Cl)nc(COC2CCCC(C)C2)n1. The number of hydrogen-bond acceptors (Lipinski definition) is 3. The second-order valence-electron chi connectivity index (χ2n) is 4.95. The van der Waals surface area contributed by atoms with Gasteiger partial charge in [0.1, 0.15) is 11.8 Å². The molecule has 94 valence electrons. The predicted molar refractivity (Wildman–Crippen MR) is 68.0 cm³/mol. The third-order valence-corrected chi connectivity index (χ3v) is 3.40. The van der Waals surface area contributed by atoms with E-state index < -0.39 is 0 Å². The first kappa shape index (κ1) is 12.8. The maximum absolute atomic E-state index is 5.89. The molecule has 1 saturated carbocycles. The molecule has 2 rings (SSSR count). The lowest BCUT2D eigenvalue weighted by Crippen LogP contribution is -2.21. The highest BCUT2D eigenvalue weighted by atomic mass is 35.5. The summed E-state index contributed by atoms with van der Waals surface area (Å²) in [5, 5.41) is 0.494. The Morgan fingerprint density at radius 3 is 2.94 bits per heavy atom. The van der Waals surface area contributed by atoms with E-state index in [4.69, 9.17) is 16.3 Å². The van der Waals surface area contributed by atoms with E-state index in [1.54, 1.807) is 6.07 Å². The molecule has 1 aliphatic carbocycles. The Balaban J connectivity index is 1.88. The monoisotopic (exact) mass is 254 g/mol. The second-order valence-corrected chi connectivity index (χ2v) is 5.34. The molecule has 1 aliphatic rings. The zero-order chi connectivity index (χ0) is 12.3. The molecule has 0 saturated heterocycles. The lowest BCUT2D eigenvalue weighted by Gasteiger charge is -2.26. The molecule has 1 heterocycles. The van der Waals surface area contributed by atoms with Crippen LogP contribution in [0, 0.1) is 12.8 Å². The molecule has 17 heavy (non-hydrogen) atoms.